The van der Waals surface area contributed by atoms with Gasteiger partial charge in [0.15, 0.2) is 11.2 Å². The van der Waals surface area contributed by atoms with E-state index in [1.807, 2.05) is 0 Å². The van der Waals surface area contributed by atoms with Gasteiger partial charge in [0.2, 0.25) is 0 Å². The highest BCUT2D eigenvalue weighted by Crippen LogP contribution is 2.36. The summed E-state index contributed by atoms with van der Waals surface area (Å²) in [5, 5.41) is 0.558. The first-order valence-corrected chi connectivity index (χ1v) is 8.31. The Bertz CT molecular complexity index is 1110. The summed E-state index contributed by atoms with van der Waals surface area (Å²) in [6, 6.07) is 10.3. The fourth-order valence-electron chi connectivity index (χ4n) is 2.70. The number of nitrogens with zero attached hydrogens (tertiary/aromatic N) is 2. The second kappa shape index (κ2) is 5.57. The van der Waals surface area contributed by atoms with Crippen LogP contribution in [-0.2, 0) is 6.18 Å². The molecule has 2 aromatic heterocycles. The van der Waals surface area contributed by atoms with Crippen LogP contribution in [0.1, 0.15) is 16.1 Å². The van der Waals surface area contributed by atoms with E-state index in [-0.39, 0.29) is 0 Å². The van der Waals surface area contributed by atoms with E-state index in [0.717, 1.165) is 23.5 Å². The van der Waals surface area contributed by atoms with Gasteiger partial charge in [-0.05, 0) is 30.3 Å². The lowest BCUT2D eigenvalue weighted by Gasteiger charge is -2.06. The van der Waals surface area contributed by atoms with Gasteiger partial charge in [-0.3, -0.25) is 9.20 Å². The average molecular weight is 381 g/mol. The monoisotopic (exact) mass is 380 g/mol. The number of hydrogen-bond acceptors (Lipinski definition) is 3. The zero-order valence-electron chi connectivity index (χ0n) is 12.3. The molecule has 0 spiro atoms. The highest BCUT2D eigenvalue weighted by atomic mass is 35.5. The van der Waals surface area contributed by atoms with E-state index < -0.39 is 11.7 Å². The van der Waals surface area contributed by atoms with Gasteiger partial charge >= 0.3 is 6.18 Å². The molecule has 4 rings (SSSR count). The Morgan fingerprint density at radius 1 is 1.12 bits per heavy atom. The molecule has 0 saturated carbocycles. The molecule has 0 fully saturated rings. The maximum Gasteiger partial charge on any atom is 0.416 e. The van der Waals surface area contributed by atoms with Crippen LogP contribution in [0, 0.1) is 0 Å². The first-order chi connectivity index (χ1) is 11.9. The number of imidazole rings is 1. The number of carbonyl (C=O) groups excluding carboxylic acids is 1. The third-order valence-corrected chi connectivity index (χ3v) is 5.10. The summed E-state index contributed by atoms with van der Waals surface area (Å²) in [6.07, 6.45) is -3.75. The quantitative estimate of drug-likeness (QED) is 0.418. The lowest BCUT2D eigenvalue weighted by Crippen LogP contribution is -2.04. The van der Waals surface area contributed by atoms with Gasteiger partial charge in [-0.15, -0.1) is 0 Å². The number of aldehydes is 1. The van der Waals surface area contributed by atoms with Gasteiger partial charge < -0.3 is 0 Å². The topological polar surface area (TPSA) is 34.4 Å². The van der Waals surface area contributed by atoms with Crippen molar-refractivity contribution < 1.29 is 18.0 Å². The normalized spacial score (nSPS) is 12.2. The molecule has 0 amide bonds. The molecule has 8 heteroatoms. The molecular formula is C17H8ClF3N2OS. The smallest absolute Gasteiger partial charge is 0.296 e. The molecule has 0 aliphatic carbocycles. The molecule has 2 heterocycles. The van der Waals surface area contributed by atoms with Crippen molar-refractivity contribution in [2.45, 2.75) is 6.18 Å². The number of benzene rings is 2. The molecular weight excluding hydrogens is 373 g/mol. The molecule has 3 nitrogen and oxygen atoms in total. The van der Waals surface area contributed by atoms with Crippen LogP contribution in [0.5, 0.6) is 0 Å². The van der Waals surface area contributed by atoms with E-state index in [1.165, 1.54) is 6.07 Å². The van der Waals surface area contributed by atoms with Crippen LogP contribution < -0.4 is 0 Å². The molecule has 0 radical (unpaired) electrons. The van der Waals surface area contributed by atoms with Crippen LogP contribution in [0.15, 0.2) is 42.5 Å². The van der Waals surface area contributed by atoms with Crippen molar-refractivity contribution in [2.75, 3.05) is 0 Å². The molecule has 0 aliphatic rings. The molecule has 4 aromatic rings. The summed E-state index contributed by atoms with van der Waals surface area (Å²) in [4.78, 5) is 16.5. The fraction of sp³-hybridized carbons (Fsp3) is 0.0588. The van der Waals surface area contributed by atoms with Crippen molar-refractivity contribution in [1.29, 1.82) is 0 Å². The van der Waals surface area contributed by atoms with E-state index in [1.54, 1.807) is 28.7 Å². The number of aromatic nitrogens is 2. The van der Waals surface area contributed by atoms with E-state index in [2.05, 4.69) is 4.98 Å². The maximum atomic E-state index is 12.9. The number of alkyl halides is 3. The van der Waals surface area contributed by atoms with Gasteiger partial charge in [-0.2, -0.15) is 13.2 Å². The number of carbonyl (C=O) groups is 1. The van der Waals surface area contributed by atoms with Gasteiger partial charge in [-0.25, -0.2) is 4.98 Å². The third kappa shape index (κ3) is 2.60. The number of hydrogen-bond donors (Lipinski definition) is 0. The summed E-state index contributed by atoms with van der Waals surface area (Å²) < 4.78 is 40.6. The van der Waals surface area contributed by atoms with Crippen molar-refractivity contribution in [3.05, 3.63) is 58.7 Å². The standard InChI is InChI=1S/C17H8ClF3N2OS/c18-11-4-1-9(2-5-11)15-13(8-24)23-12-6-3-10(17(19,20)21)7-14(12)25-16(23)22-15/h1-8H. The lowest BCUT2D eigenvalue weighted by molar-refractivity contribution is -0.137. The van der Waals surface area contributed by atoms with E-state index >= 15 is 0 Å². The second-order valence-corrected chi connectivity index (χ2v) is 6.82. The Morgan fingerprint density at radius 2 is 1.84 bits per heavy atom. The SMILES string of the molecule is O=Cc1c(-c2ccc(Cl)cc2)nc2sc3cc(C(F)(F)F)ccc3n12. The number of rotatable bonds is 2. The van der Waals surface area contributed by atoms with Gasteiger partial charge in [0.1, 0.15) is 11.4 Å². The second-order valence-electron chi connectivity index (χ2n) is 5.37. The third-order valence-electron chi connectivity index (χ3n) is 3.84. The maximum absolute atomic E-state index is 12.9. The van der Waals surface area contributed by atoms with Crippen LogP contribution in [0.4, 0.5) is 13.2 Å². The first-order valence-electron chi connectivity index (χ1n) is 7.12. The van der Waals surface area contributed by atoms with Gasteiger partial charge in [-0.1, -0.05) is 35.1 Å². The minimum Gasteiger partial charge on any atom is -0.296 e. The Kier molecular flexibility index (Phi) is 3.59. The number of thiazole rings is 1. The predicted octanol–water partition coefficient (Wildman–Crippen LogP) is 5.70. The summed E-state index contributed by atoms with van der Waals surface area (Å²) >= 11 is 6.98. The fourth-order valence-corrected chi connectivity index (χ4v) is 3.89. The minimum absolute atomic E-state index is 0.295. The van der Waals surface area contributed by atoms with Crippen LogP contribution in [-0.4, -0.2) is 15.7 Å². The minimum atomic E-state index is -4.41. The van der Waals surface area contributed by atoms with Crippen molar-refractivity contribution in [2.24, 2.45) is 0 Å². The Hall–Kier alpha value is -2.38. The molecule has 0 bridgehead atoms. The molecule has 0 aliphatic heterocycles. The van der Waals surface area contributed by atoms with Crippen LogP contribution in [0.25, 0.3) is 26.4 Å². The summed E-state index contributed by atoms with van der Waals surface area (Å²) in [5.41, 5.74) is 1.27. The van der Waals surface area contributed by atoms with Crippen molar-refractivity contribution in [1.82, 2.24) is 9.38 Å². The van der Waals surface area contributed by atoms with Crippen LogP contribution >= 0.6 is 22.9 Å². The Balaban J connectivity index is 1.97. The summed E-state index contributed by atoms with van der Waals surface area (Å²) in [5.74, 6) is 0. The number of halogens is 4. The van der Waals surface area contributed by atoms with Crippen molar-refractivity contribution in [3.63, 3.8) is 0 Å². The first kappa shape index (κ1) is 16.1. The summed E-state index contributed by atoms with van der Waals surface area (Å²) in [6.45, 7) is 0. The van der Waals surface area contributed by atoms with Crippen LogP contribution in [0.3, 0.4) is 0 Å². The Morgan fingerprint density at radius 3 is 2.48 bits per heavy atom. The molecule has 25 heavy (non-hydrogen) atoms. The van der Waals surface area contributed by atoms with Crippen molar-refractivity contribution >= 4 is 44.4 Å². The van der Waals surface area contributed by atoms with E-state index in [4.69, 9.17) is 11.6 Å². The molecule has 0 unspecified atom stereocenters. The summed E-state index contributed by atoms with van der Waals surface area (Å²) in [7, 11) is 0. The zero-order valence-corrected chi connectivity index (χ0v) is 13.9. The lowest BCUT2D eigenvalue weighted by atomic mass is 10.1. The van der Waals surface area contributed by atoms with Gasteiger partial charge in [0.05, 0.1) is 15.8 Å². The molecule has 0 N–H and O–H groups in total. The van der Waals surface area contributed by atoms with Crippen molar-refractivity contribution in [3.8, 4) is 11.3 Å². The van der Waals surface area contributed by atoms with E-state index in [0.29, 0.717) is 43.4 Å². The number of fused-ring (bicyclic) bond motifs is 3. The van der Waals surface area contributed by atoms with E-state index in [9.17, 15) is 18.0 Å². The molecule has 0 saturated heterocycles. The highest BCUT2D eigenvalue weighted by Gasteiger charge is 2.31. The highest BCUT2D eigenvalue weighted by molar-refractivity contribution is 7.23. The predicted molar refractivity (Wildman–Crippen MR) is 91.4 cm³/mol. The molecule has 2 aromatic carbocycles. The molecule has 126 valence electrons. The van der Waals surface area contributed by atoms with Gasteiger partial charge in [0, 0.05) is 10.6 Å². The van der Waals surface area contributed by atoms with Gasteiger partial charge in [0.25, 0.3) is 0 Å². The molecule has 0 atom stereocenters. The average Bonchev–Trinajstić information content (AvgIpc) is 3.09. The Labute approximate surface area is 148 Å². The van der Waals surface area contributed by atoms with Crippen LogP contribution in [0.2, 0.25) is 5.02 Å². The zero-order chi connectivity index (χ0) is 17.8. The largest absolute Gasteiger partial charge is 0.416 e.